The number of hydrogen-bond acceptors (Lipinski definition) is 4. The monoisotopic (exact) mass is 290 g/mol. The molecule has 0 bridgehead atoms. The van der Waals surface area contributed by atoms with Crippen molar-refractivity contribution in [1.82, 2.24) is 9.97 Å². The highest BCUT2D eigenvalue weighted by molar-refractivity contribution is 5.57. The van der Waals surface area contributed by atoms with E-state index in [1.807, 2.05) is 7.05 Å². The molecule has 0 aromatic carbocycles. The van der Waals surface area contributed by atoms with Crippen LogP contribution in [0.25, 0.3) is 0 Å². The minimum Gasteiger partial charge on any atom is -0.373 e. The van der Waals surface area contributed by atoms with Crippen molar-refractivity contribution in [3.05, 3.63) is 11.4 Å². The molecular formula is C17H30N4. The normalized spacial score (nSPS) is 25.4. The number of anilines is 2. The van der Waals surface area contributed by atoms with Gasteiger partial charge in [0, 0.05) is 24.6 Å². The maximum absolute atomic E-state index is 4.77. The van der Waals surface area contributed by atoms with Crippen LogP contribution in [0, 0.1) is 18.8 Å². The molecule has 21 heavy (non-hydrogen) atoms. The molecule has 1 aliphatic rings. The summed E-state index contributed by atoms with van der Waals surface area (Å²) < 4.78 is 0. The van der Waals surface area contributed by atoms with Gasteiger partial charge in [-0.2, -0.15) is 0 Å². The van der Waals surface area contributed by atoms with Crippen LogP contribution in [0.4, 0.5) is 11.6 Å². The number of aromatic nitrogens is 2. The second-order valence-electron chi connectivity index (χ2n) is 6.66. The highest BCUT2D eigenvalue weighted by Crippen LogP contribution is 2.36. The average Bonchev–Trinajstić information content (AvgIpc) is 2.81. The van der Waals surface area contributed by atoms with Gasteiger partial charge in [-0.25, -0.2) is 9.97 Å². The molecule has 3 unspecified atom stereocenters. The van der Waals surface area contributed by atoms with Gasteiger partial charge in [0.05, 0.1) is 0 Å². The van der Waals surface area contributed by atoms with E-state index in [1.165, 1.54) is 19.3 Å². The van der Waals surface area contributed by atoms with Gasteiger partial charge in [0.1, 0.15) is 17.5 Å². The Morgan fingerprint density at radius 1 is 1.19 bits per heavy atom. The Labute approximate surface area is 129 Å². The Bertz CT molecular complexity index is 484. The van der Waals surface area contributed by atoms with Crippen molar-refractivity contribution >= 4 is 11.6 Å². The van der Waals surface area contributed by atoms with Crippen LogP contribution in [0.2, 0.25) is 0 Å². The third-order valence-corrected chi connectivity index (χ3v) is 4.99. The highest BCUT2D eigenvalue weighted by Gasteiger charge is 2.32. The maximum atomic E-state index is 4.77. The third-order valence-electron chi connectivity index (χ3n) is 4.99. The van der Waals surface area contributed by atoms with Gasteiger partial charge in [-0.15, -0.1) is 0 Å². The van der Waals surface area contributed by atoms with E-state index < -0.39 is 0 Å². The summed E-state index contributed by atoms with van der Waals surface area (Å²) in [6, 6.07) is 0.535. The van der Waals surface area contributed by atoms with Crippen molar-refractivity contribution in [3.63, 3.8) is 0 Å². The van der Waals surface area contributed by atoms with Crippen LogP contribution < -0.4 is 10.6 Å². The summed E-state index contributed by atoms with van der Waals surface area (Å²) in [5.74, 6) is 4.75. The lowest BCUT2D eigenvalue weighted by molar-refractivity contribution is 0.391. The van der Waals surface area contributed by atoms with Crippen molar-refractivity contribution < 1.29 is 0 Å². The number of hydrogen-bond donors (Lipinski definition) is 2. The summed E-state index contributed by atoms with van der Waals surface area (Å²) >= 11 is 0. The molecule has 1 aliphatic carbocycles. The van der Waals surface area contributed by atoms with E-state index in [1.54, 1.807) is 0 Å². The molecule has 4 heteroatoms. The Hall–Kier alpha value is -1.32. The second kappa shape index (κ2) is 6.63. The summed E-state index contributed by atoms with van der Waals surface area (Å²) in [5.41, 5.74) is 1.12. The average molecular weight is 290 g/mol. The lowest BCUT2D eigenvalue weighted by Crippen LogP contribution is -2.26. The summed E-state index contributed by atoms with van der Waals surface area (Å²) in [6.07, 6.45) is 3.85. The van der Waals surface area contributed by atoms with Crippen molar-refractivity contribution in [2.75, 3.05) is 17.7 Å². The van der Waals surface area contributed by atoms with Gasteiger partial charge in [-0.3, -0.25) is 0 Å². The Morgan fingerprint density at radius 2 is 1.86 bits per heavy atom. The first kappa shape index (κ1) is 16.1. The zero-order valence-corrected chi connectivity index (χ0v) is 14.3. The quantitative estimate of drug-likeness (QED) is 0.854. The lowest BCUT2D eigenvalue weighted by Gasteiger charge is -2.23. The SMILES string of the molecule is CCC1CCC(Nc2nc(C(C)C)nc(NC)c2C)C1C. The molecule has 1 heterocycles. The molecule has 1 aromatic heterocycles. The molecule has 4 nitrogen and oxygen atoms in total. The molecule has 0 amide bonds. The van der Waals surface area contributed by atoms with Crippen LogP contribution in [0.5, 0.6) is 0 Å². The lowest BCUT2D eigenvalue weighted by atomic mass is 9.93. The summed E-state index contributed by atoms with van der Waals surface area (Å²) in [4.78, 5) is 9.38. The molecule has 0 spiro atoms. The molecule has 118 valence electrons. The van der Waals surface area contributed by atoms with E-state index in [2.05, 4.69) is 50.2 Å². The molecule has 2 N–H and O–H groups in total. The predicted octanol–water partition coefficient (Wildman–Crippen LogP) is 4.19. The summed E-state index contributed by atoms with van der Waals surface area (Å²) in [5, 5.41) is 6.90. The molecule has 0 saturated heterocycles. The summed E-state index contributed by atoms with van der Waals surface area (Å²) in [7, 11) is 1.93. The summed E-state index contributed by atoms with van der Waals surface area (Å²) in [6.45, 7) is 11.0. The van der Waals surface area contributed by atoms with Gasteiger partial charge in [-0.1, -0.05) is 34.1 Å². The smallest absolute Gasteiger partial charge is 0.135 e. The molecule has 1 fully saturated rings. The van der Waals surface area contributed by atoms with Crippen molar-refractivity contribution in [2.24, 2.45) is 11.8 Å². The maximum Gasteiger partial charge on any atom is 0.135 e. The third kappa shape index (κ3) is 3.30. The molecular weight excluding hydrogens is 260 g/mol. The Balaban J connectivity index is 2.25. The first-order valence-electron chi connectivity index (χ1n) is 8.30. The Morgan fingerprint density at radius 3 is 2.38 bits per heavy atom. The van der Waals surface area contributed by atoms with E-state index in [9.17, 15) is 0 Å². The topological polar surface area (TPSA) is 49.8 Å². The molecule has 1 saturated carbocycles. The predicted molar refractivity (Wildman–Crippen MR) is 90.0 cm³/mol. The van der Waals surface area contributed by atoms with E-state index in [-0.39, 0.29) is 0 Å². The molecule has 0 aliphatic heterocycles. The van der Waals surface area contributed by atoms with Gasteiger partial charge >= 0.3 is 0 Å². The zero-order chi connectivity index (χ0) is 15.6. The zero-order valence-electron chi connectivity index (χ0n) is 14.3. The van der Waals surface area contributed by atoms with Crippen LogP contribution in [0.3, 0.4) is 0 Å². The van der Waals surface area contributed by atoms with E-state index in [0.717, 1.165) is 28.9 Å². The fourth-order valence-electron chi connectivity index (χ4n) is 3.38. The number of nitrogens with zero attached hydrogens (tertiary/aromatic N) is 2. The van der Waals surface area contributed by atoms with Crippen molar-refractivity contribution in [1.29, 1.82) is 0 Å². The fraction of sp³-hybridized carbons (Fsp3) is 0.765. The first-order valence-corrected chi connectivity index (χ1v) is 8.30. The molecule has 3 atom stereocenters. The van der Waals surface area contributed by atoms with Gasteiger partial charge in [0.2, 0.25) is 0 Å². The Kier molecular flexibility index (Phi) is 5.07. The number of rotatable bonds is 5. The standard InChI is InChI=1S/C17H30N4/c1-7-13-8-9-14(11(13)4)19-17-12(5)16(18-6)20-15(21-17)10(2)3/h10-11,13-14H,7-9H2,1-6H3,(H2,18,19,20,21). The minimum absolute atomic E-state index is 0.336. The van der Waals surface area contributed by atoms with E-state index >= 15 is 0 Å². The van der Waals surface area contributed by atoms with Gasteiger partial charge in [-0.05, 0) is 31.6 Å². The fourth-order valence-corrected chi connectivity index (χ4v) is 3.38. The largest absolute Gasteiger partial charge is 0.373 e. The number of nitrogens with one attached hydrogen (secondary N) is 2. The molecule has 1 aromatic rings. The van der Waals surface area contributed by atoms with Crippen LogP contribution >= 0.6 is 0 Å². The van der Waals surface area contributed by atoms with E-state index in [0.29, 0.717) is 17.9 Å². The van der Waals surface area contributed by atoms with Gasteiger partial charge in [0.25, 0.3) is 0 Å². The highest BCUT2D eigenvalue weighted by atomic mass is 15.1. The van der Waals surface area contributed by atoms with Crippen molar-refractivity contribution in [3.8, 4) is 0 Å². The van der Waals surface area contributed by atoms with Crippen LogP contribution in [-0.2, 0) is 0 Å². The van der Waals surface area contributed by atoms with Crippen LogP contribution in [0.15, 0.2) is 0 Å². The van der Waals surface area contributed by atoms with E-state index in [4.69, 9.17) is 4.98 Å². The van der Waals surface area contributed by atoms with Crippen LogP contribution in [0.1, 0.15) is 64.3 Å². The molecule has 0 radical (unpaired) electrons. The van der Waals surface area contributed by atoms with Crippen LogP contribution in [-0.4, -0.2) is 23.1 Å². The first-order chi connectivity index (χ1) is 9.97. The van der Waals surface area contributed by atoms with Gasteiger partial charge < -0.3 is 10.6 Å². The van der Waals surface area contributed by atoms with Gasteiger partial charge in [0.15, 0.2) is 0 Å². The minimum atomic E-state index is 0.336. The van der Waals surface area contributed by atoms with Crippen molar-refractivity contribution in [2.45, 2.75) is 65.8 Å². The second-order valence-corrected chi connectivity index (χ2v) is 6.66. The molecule has 2 rings (SSSR count).